The molecule has 2 heterocycles. The summed E-state index contributed by atoms with van der Waals surface area (Å²) in [5.41, 5.74) is 0. The minimum atomic E-state index is -2.38. The van der Waals surface area contributed by atoms with Crippen molar-refractivity contribution in [2.24, 2.45) is 0 Å². The van der Waals surface area contributed by atoms with Gasteiger partial charge < -0.3 is 15.0 Å². The summed E-state index contributed by atoms with van der Waals surface area (Å²) in [6.07, 6.45) is 1.49. The molecule has 1 aromatic rings. The number of ether oxygens (including phenoxy) is 1. The van der Waals surface area contributed by atoms with Gasteiger partial charge in [0.2, 0.25) is 0 Å². The molecule has 0 radical (unpaired) electrons. The minimum absolute atomic E-state index is 0.338. The van der Waals surface area contributed by atoms with Crippen molar-refractivity contribution >= 4 is 5.82 Å². The van der Waals surface area contributed by atoms with E-state index in [0.717, 1.165) is 31.7 Å². The van der Waals surface area contributed by atoms with Crippen molar-refractivity contribution in [3.63, 3.8) is 0 Å². The molecule has 1 N–H and O–H groups in total. The van der Waals surface area contributed by atoms with Gasteiger partial charge in [0.05, 0.1) is 6.61 Å². The van der Waals surface area contributed by atoms with Gasteiger partial charge in [-0.25, -0.2) is 13.8 Å². The summed E-state index contributed by atoms with van der Waals surface area (Å²) in [5, 5.41) is 3.35. The first-order valence-corrected chi connectivity index (χ1v) is 7.01. The lowest BCUT2D eigenvalue weighted by Gasteiger charge is -2.33. The zero-order valence-electron chi connectivity index (χ0n) is 11.5. The lowest BCUT2D eigenvalue weighted by atomic mass is 10.1. The molecule has 1 aliphatic rings. The monoisotopic (exact) mass is 285 g/mol. The van der Waals surface area contributed by atoms with E-state index in [9.17, 15) is 8.78 Å². The molecular weight excluding hydrogens is 264 g/mol. The standard InChI is InChI=1S/C14H21F2N3O/c15-13(16)11-20-10-7-17-12-4-8-19(9-5-12)14-3-1-2-6-18-14/h1-3,6,12-13,17H,4-5,7-11H2. The summed E-state index contributed by atoms with van der Waals surface area (Å²) in [6, 6.07) is 6.36. The normalized spacial score (nSPS) is 16.9. The van der Waals surface area contributed by atoms with Crippen LogP contribution in [0.5, 0.6) is 0 Å². The van der Waals surface area contributed by atoms with E-state index in [1.807, 2.05) is 18.2 Å². The molecule has 6 heteroatoms. The number of aromatic nitrogens is 1. The number of piperidine rings is 1. The molecule has 0 saturated carbocycles. The van der Waals surface area contributed by atoms with Gasteiger partial charge in [0.15, 0.2) is 0 Å². The Kier molecular flexibility index (Phi) is 6.14. The van der Waals surface area contributed by atoms with Crippen LogP contribution in [0.3, 0.4) is 0 Å². The van der Waals surface area contributed by atoms with Crippen LogP contribution in [-0.2, 0) is 4.74 Å². The quantitative estimate of drug-likeness (QED) is 0.777. The molecule has 1 saturated heterocycles. The first-order valence-electron chi connectivity index (χ1n) is 7.01. The fraction of sp³-hybridized carbons (Fsp3) is 0.643. The molecule has 1 fully saturated rings. The Balaban J connectivity index is 1.60. The summed E-state index contributed by atoms with van der Waals surface area (Å²) < 4.78 is 28.6. The van der Waals surface area contributed by atoms with Gasteiger partial charge in [-0.05, 0) is 25.0 Å². The Morgan fingerprint density at radius 2 is 2.15 bits per heavy atom. The van der Waals surface area contributed by atoms with Crippen molar-refractivity contribution in [2.75, 3.05) is 37.7 Å². The van der Waals surface area contributed by atoms with Gasteiger partial charge in [0, 0.05) is 31.9 Å². The van der Waals surface area contributed by atoms with E-state index in [4.69, 9.17) is 4.74 Å². The number of hydrogen-bond donors (Lipinski definition) is 1. The molecule has 112 valence electrons. The van der Waals surface area contributed by atoms with E-state index in [1.165, 1.54) is 0 Å². The molecule has 1 aliphatic heterocycles. The fourth-order valence-electron chi connectivity index (χ4n) is 2.36. The Labute approximate surface area is 118 Å². The van der Waals surface area contributed by atoms with Crippen LogP contribution < -0.4 is 10.2 Å². The number of halogens is 2. The lowest BCUT2D eigenvalue weighted by Crippen LogP contribution is -2.43. The van der Waals surface area contributed by atoms with Gasteiger partial charge in [-0.3, -0.25) is 0 Å². The van der Waals surface area contributed by atoms with Crippen LogP contribution in [0.1, 0.15) is 12.8 Å². The van der Waals surface area contributed by atoms with E-state index in [2.05, 4.69) is 15.2 Å². The second-order valence-corrected chi connectivity index (χ2v) is 4.87. The van der Waals surface area contributed by atoms with Crippen LogP contribution >= 0.6 is 0 Å². The molecule has 0 aromatic carbocycles. The van der Waals surface area contributed by atoms with Gasteiger partial charge in [-0.2, -0.15) is 0 Å². The van der Waals surface area contributed by atoms with Crippen molar-refractivity contribution in [2.45, 2.75) is 25.3 Å². The molecule has 0 amide bonds. The number of pyridine rings is 1. The Hall–Kier alpha value is -1.27. The Morgan fingerprint density at radius 3 is 2.80 bits per heavy atom. The molecule has 4 nitrogen and oxygen atoms in total. The SMILES string of the molecule is FC(F)COCCNC1CCN(c2ccccn2)CC1. The zero-order valence-corrected chi connectivity index (χ0v) is 11.5. The molecular formula is C14H21F2N3O. The highest BCUT2D eigenvalue weighted by atomic mass is 19.3. The maximum absolute atomic E-state index is 11.9. The van der Waals surface area contributed by atoms with Crippen LogP contribution in [0.15, 0.2) is 24.4 Å². The topological polar surface area (TPSA) is 37.4 Å². The summed E-state index contributed by atoms with van der Waals surface area (Å²) in [7, 11) is 0. The van der Waals surface area contributed by atoms with Gasteiger partial charge in [-0.1, -0.05) is 6.07 Å². The first-order chi connectivity index (χ1) is 9.75. The Bertz CT molecular complexity index is 370. The van der Waals surface area contributed by atoms with Crippen molar-refractivity contribution in [3.8, 4) is 0 Å². The summed E-state index contributed by atoms with van der Waals surface area (Å²) >= 11 is 0. The second kappa shape index (κ2) is 8.11. The predicted molar refractivity (Wildman–Crippen MR) is 74.3 cm³/mol. The van der Waals surface area contributed by atoms with Crippen molar-refractivity contribution < 1.29 is 13.5 Å². The molecule has 1 aromatic heterocycles. The predicted octanol–water partition coefficient (Wildman–Crippen LogP) is 1.92. The van der Waals surface area contributed by atoms with E-state index in [0.29, 0.717) is 19.2 Å². The van der Waals surface area contributed by atoms with E-state index >= 15 is 0 Å². The highest BCUT2D eigenvalue weighted by Gasteiger charge is 2.19. The fourth-order valence-corrected chi connectivity index (χ4v) is 2.36. The molecule has 20 heavy (non-hydrogen) atoms. The van der Waals surface area contributed by atoms with E-state index < -0.39 is 13.0 Å². The molecule has 0 atom stereocenters. The summed E-state index contributed by atoms with van der Waals surface area (Å²) in [6.45, 7) is 2.42. The Morgan fingerprint density at radius 1 is 1.35 bits per heavy atom. The van der Waals surface area contributed by atoms with Crippen molar-refractivity contribution in [1.82, 2.24) is 10.3 Å². The van der Waals surface area contributed by atoms with Crippen LogP contribution in [0.4, 0.5) is 14.6 Å². The van der Waals surface area contributed by atoms with Crippen molar-refractivity contribution in [1.29, 1.82) is 0 Å². The molecule has 0 spiro atoms. The first kappa shape index (κ1) is 15.1. The average Bonchev–Trinajstić information content (AvgIpc) is 2.48. The van der Waals surface area contributed by atoms with Crippen molar-refractivity contribution in [3.05, 3.63) is 24.4 Å². The minimum Gasteiger partial charge on any atom is -0.374 e. The average molecular weight is 285 g/mol. The number of alkyl halides is 2. The number of rotatable bonds is 7. The number of hydrogen-bond acceptors (Lipinski definition) is 4. The van der Waals surface area contributed by atoms with Crippen LogP contribution in [0.25, 0.3) is 0 Å². The highest BCUT2D eigenvalue weighted by Crippen LogP contribution is 2.16. The smallest absolute Gasteiger partial charge is 0.261 e. The van der Waals surface area contributed by atoms with Gasteiger partial charge >= 0.3 is 0 Å². The van der Waals surface area contributed by atoms with Gasteiger partial charge in [0.1, 0.15) is 12.4 Å². The number of anilines is 1. The van der Waals surface area contributed by atoms with Crippen LogP contribution in [0.2, 0.25) is 0 Å². The third kappa shape index (κ3) is 5.02. The van der Waals surface area contributed by atoms with E-state index in [-0.39, 0.29) is 0 Å². The number of nitrogens with zero attached hydrogens (tertiary/aromatic N) is 2. The van der Waals surface area contributed by atoms with Crippen LogP contribution in [0, 0.1) is 0 Å². The second-order valence-electron chi connectivity index (χ2n) is 4.87. The molecule has 0 aliphatic carbocycles. The van der Waals surface area contributed by atoms with E-state index in [1.54, 1.807) is 6.20 Å². The summed E-state index contributed by atoms with van der Waals surface area (Å²) in [4.78, 5) is 6.61. The van der Waals surface area contributed by atoms with Crippen LogP contribution in [-0.4, -0.2) is 50.3 Å². The highest BCUT2D eigenvalue weighted by molar-refractivity contribution is 5.38. The molecule has 0 unspecified atom stereocenters. The third-order valence-corrected chi connectivity index (χ3v) is 3.39. The maximum atomic E-state index is 11.9. The lowest BCUT2D eigenvalue weighted by molar-refractivity contribution is 0.0180. The summed E-state index contributed by atoms with van der Waals surface area (Å²) in [5.74, 6) is 1.02. The maximum Gasteiger partial charge on any atom is 0.261 e. The molecule has 2 rings (SSSR count). The number of nitrogens with one attached hydrogen (secondary N) is 1. The third-order valence-electron chi connectivity index (χ3n) is 3.39. The molecule has 0 bridgehead atoms. The van der Waals surface area contributed by atoms with Gasteiger partial charge in [0.25, 0.3) is 6.43 Å². The van der Waals surface area contributed by atoms with Gasteiger partial charge in [-0.15, -0.1) is 0 Å². The largest absolute Gasteiger partial charge is 0.374 e. The zero-order chi connectivity index (χ0) is 14.2.